The number of halogens is 1. The second kappa shape index (κ2) is 6.21. The molecule has 0 saturated heterocycles. The van der Waals surface area contributed by atoms with Gasteiger partial charge in [0.15, 0.2) is 5.82 Å². The van der Waals surface area contributed by atoms with Crippen LogP contribution in [0.4, 0.5) is 0 Å². The zero-order valence-corrected chi connectivity index (χ0v) is 13.3. The van der Waals surface area contributed by atoms with Gasteiger partial charge < -0.3 is 14.4 Å². The first-order chi connectivity index (χ1) is 9.47. The lowest BCUT2D eigenvalue weighted by molar-refractivity contribution is 0.0943. The Labute approximate surface area is 125 Å². The van der Waals surface area contributed by atoms with Crippen molar-refractivity contribution < 1.29 is 9.32 Å². The Hall–Kier alpha value is -1.63. The highest BCUT2D eigenvalue weighted by atomic mass is 79.9. The molecular formula is C13H17BrN4O2. The normalized spacial score (nSPS) is 11.1. The molecule has 2 aromatic heterocycles. The summed E-state index contributed by atoms with van der Waals surface area (Å²) in [5.41, 5.74) is 0.635. The molecule has 0 saturated carbocycles. The molecule has 2 aromatic rings. The second-order valence-corrected chi connectivity index (χ2v) is 5.70. The highest BCUT2D eigenvalue weighted by molar-refractivity contribution is 9.10. The van der Waals surface area contributed by atoms with Gasteiger partial charge in [-0.2, -0.15) is 4.98 Å². The van der Waals surface area contributed by atoms with Gasteiger partial charge in [-0.15, -0.1) is 0 Å². The van der Waals surface area contributed by atoms with E-state index < -0.39 is 0 Å². The van der Waals surface area contributed by atoms with E-state index in [0.717, 1.165) is 4.47 Å². The van der Waals surface area contributed by atoms with E-state index in [1.54, 1.807) is 6.92 Å². The van der Waals surface area contributed by atoms with Gasteiger partial charge in [-0.1, -0.05) is 5.16 Å². The van der Waals surface area contributed by atoms with E-state index in [1.165, 1.54) is 0 Å². The Morgan fingerprint density at radius 1 is 1.55 bits per heavy atom. The summed E-state index contributed by atoms with van der Waals surface area (Å²) in [6, 6.07) is 2.04. The molecule has 6 nitrogen and oxygen atoms in total. The lowest BCUT2D eigenvalue weighted by Crippen LogP contribution is -2.28. The SMILES string of the molecule is Cc1nc(CCNC(=O)c2cc(Br)cn2C(C)C)no1. The Balaban J connectivity index is 1.95. The minimum Gasteiger partial charge on any atom is -0.350 e. The molecule has 1 amide bonds. The van der Waals surface area contributed by atoms with Gasteiger partial charge >= 0.3 is 0 Å². The average Bonchev–Trinajstić information content (AvgIpc) is 2.95. The molecule has 0 fully saturated rings. The third-order valence-electron chi connectivity index (χ3n) is 2.81. The van der Waals surface area contributed by atoms with Gasteiger partial charge in [0.1, 0.15) is 5.69 Å². The highest BCUT2D eigenvalue weighted by Crippen LogP contribution is 2.19. The predicted molar refractivity (Wildman–Crippen MR) is 77.6 cm³/mol. The quantitative estimate of drug-likeness (QED) is 0.907. The van der Waals surface area contributed by atoms with Crippen LogP contribution in [0.2, 0.25) is 0 Å². The molecule has 20 heavy (non-hydrogen) atoms. The van der Waals surface area contributed by atoms with Crippen LogP contribution >= 0.6 is 15.9 Å². The van der Waals surface area contributed by atoms with E-state index >= 15 is 0 Å². The minimum atomic E-state index is -0.107. The van der Waals surface area contributed by atoms with E-state index in [-0.39, 0.29) is 11.9 Å². The first-order valence-corrected chi connectivity index (χ1v) is 7.21. The summed E-state index contributed by atoms with van der Waals surface area (Å²) in [6.07, 6.45) is 2.45. The molecule has 2 heterocycles. The number of hydrogen-bond acceptors (Lipinski definition) is 4. The Morgan fingerprint density at radius 2 is 2.30 bits per heavy atom. The van der Waals surface area contributed by atoms with Crippen LogP contribution in [-0.2, 0) is 6.42 Å². The van der Waals surface area contributed by atoms with Crippen LogP contribution in [0.25, 0.3) is 0 Å². The Morgan fingerprint density at radius 3 is 2.90 bits per heavy atom. The minimum absolute atomic E-state index is 0.107. The van der Waals surface area contributed by atoms with E-state index in [9.17, 15) is 4.79 Å². The van der Waals surface area contributed by atoms with Crippen LogP contribution in [0.3, 0.4) is 0 Å². The largest absolute Gasteiger partial charge is 0.350 e. The monoisotopic (exact) mass is 340 g/mol. The van der Waals surface area contributed by atoms with Crippen molar-refractivity contribution in [3.05, 3.63) is 34.1 Å². The molecule has 0 radical (unpaired) electrons. The van der Waals surface area contributed by atoms with Gasteiger partial charge in [-0.25, -0.2) is 0 Å². The molecule has 0 aliphatic rings. The fourth-order valence-corrected chi connectivity index (χ4v) is 2.31. The van der Waals surface area contributed by atoms with Gasteiger partial charge in [0, 0.05) is 36.6 Å². The Bertz CT molecular complexity index is 603. The van der Waals surface area contributed by atoms with Crippen molar-refractivity contribution in [1.82, 2.24) is 20.0 Å². The third kappa shape index (κ3) is 3.47. The number of aryl methyl sites for hydroxylation is 1. The number of carbonyl (C=O) groups is 1. The second-order valence-electron chi connectivity index (χ2n) is 4.78. The summed E-state index contributed by atoms with van der Waals surface area (Å²) in [5, 5.41) is 6.65. The number of aromatic nitrogens is 3. The zero-order valence-electron chi connectivity index (χ0n) is 11.7. The summed E-state index contributed by atoms with van der Waals surface area (Å²) in [4.78, 5) is 16.3. The zero-order chi connectivity index (χ0) is 14.7. The van der Waals surface area contributed by atoms with E-state index in [1.807, 2.05) is 30.7 Å². The van der Waals surface area contributed by atoms with Gasteiger partial charge in [0.25, 0.3) is 5.91 Å². The van der Waals surface area contributed by atoms with Crippen LogP contribution in [0.1, 0.15) is 42.1 Å². The van der Waals surface area contributed by atoms with Crippen molar-refractivity contribution in [3.63, 3.8) is 0 Å². The lowest BCUT2D eigenvalue weighted by Gasteiger charge is -2.12. The summed E-state index contributed by atoms with van der Waals surface area (Å²) in [7, 11) is 0. The average molecular weight is 341 g/mol. The van der Waals surface area contributed by atoms with Gasteiger partial charge in [-0.05, 0) is 35.8 Å². The van der Waals surface area contributed by atoms with Gasteiger partial charge in [0.05, 0.1) is 0 Å². The van der Waals surface area contributed by atoms with Crippen LogP contribution < -0.4 is 5.32 Å². The first kappa shape index (κ1) is 14.8. The predicted octanol–water partition coefficient (Wildman–Crippen LogP) is 2.50. The maximum absolute atomic E-state index is 12.2. The van der Waals surface area contributed by atoms with Crippen LogP contribution in [-0.4, -0.2) is 27.2 Å². The molecule has 0 spiro atoms. The molecule has 0 atom stereocenters. The number of amides is 1. The highest BCUT2D eigenvalue weighted by Gasteiger charge is 2.14. The third-order valence-corrected chi connectivity index (χ3v) is 3.24. The van der Waals surface area contributed by atoms with Crippen molar-refractivity contribution in [2.75, 3.05) is 6.54 Å². The molecule has 0 bridgehead atoms. The molecular weight excluding hydrogens is 324 g/mol. The summed E-state index contributed by atoms with van der Waals surface area (Å²) in [5.74, 6) is 1.02. The molecule has 0 aliphatic heterocycles. The van der Waals surface area contributed by atoms with Crippen molar-refractivity contribution in [1.29, 1.82) is 0 Å². The molecule has 2 rings (SSSR count). The van der Waals surface area contributed by atoms with Crippen molar-refractivity contribution >= 4 is 21.8 Å². The van der Waals surface area contributed by atoms with E-state index in [4.69, 9.17) is 4.52 Å². The fourth-order valence-electron chi connectivity index (χ4n) is 1.88. The van der Waals surface area contributed by atoms with Gasteiger partial charge in [-0.3, -0.25) is 4.79 Å². The molecule has 0 unspecified atom stereocenters. The maximum atomic E-state index is 12.2. The first-order valence-electron chi connectivity index (χ1n) is 6.42. The molecule has 108 valence electrons. The number of nitrogens with zero attached hydrogens (tertiary/aromatic N) is 3. The standard InChI is InChI=1S/C13H17BrN4O2/c1-8(2)18-7-10(14)6-11(18)13(19)15-5-4-12-16-9(3)20-17-12/h6-8H,4-5H2,1-3H3,(H,15,19). The van der Waals surface area contributed by atoms with Crippen LogP contribution in [0.5, 0.6) is 0 Å². The lowest BCUT2D eigenvalue weighted by atomic mass is 10.3. The molecule has 7 heteroatoms. The van der Waals surface area contributed by atoms with E-state index in [0.29, 0.717) is 30.4 Å². The van der Waals surface area contributed by atoms with Crippen molar-refractivity contribution in [3.8, 4) is 0 Å². The topological polar surface area (TPSA) is 73.0 Å². The van der Waals surface area contributed by atoms with Crippen LogP contribution in [0, 0.1) is 6.92 Å². The number of nitrogens with one attached hydrogen (secondary N) is 1. The summed E-state index contributed by atoms with van der Waals surface area (Å²) in [6.45, 7) is 6.28. The van der Waals surface area contributed by atoms with E-state index in [2.05, 4.69) is 31.4 Å². The molecule has 0 aromatic carbocycles. The summed E-state index contributed by atoms with van der Waals surface area (Å²) >= 11 is 3.39. The Kier molecular flexibility index (Phi) is 4.59. The molecule has 1 N–H and O–H groups in total. The fraction of sp³-hybridized carbons (Fsp3) is 0.462. The number of hydrogen-bond donors (Lipinski definition) is 1. The smallest absolute Gasteiger partial charge is 0.267 e. The van der Waals surface area contributed by atoms with Crippen molar-refractivity contribution in [2.45, 2.75) is 33.2 Å². The molecule has 0 aliphatic carbocycles. The number of rotatable bonds is 5. The number of carbonyl (C=O) groups excluding carboxylic acids is 1. The van der Waals surface area contributed by atoms with Crippen LogP contribution in [0.15, 0.2) is 21.3 Å². The summed E-state index contributed by atoms with van der Waals surface area (Å²) < 4.78 is 7.70. The van der Waals surface area contributed by atoms with Crippen molar-refractivity contribution in [2.24, 2.45) is 0 Å². The van der Waals surface area contributed by atoms with Gasteiger partial charge in [0.2, 0.25) is 5.89 Å². The maximum Gasteiger partial charge on any atom is 0.267 e.